The number of Topliss-reactive ketones (excluding diaryl/α,β-unsaturated/α-hetero) is 1. The topological polar surface area (TPSA) is 89.8 Å². The molecule has 0 amide bonds. The molecule has 7 heteroatoms. The standard InChI is InChI=1S/C19H19N5O2/c1-4-24-19(26)18(22-15-11-21-9-7-12(15)2)16(13(3)25)17(23-24)14-6-5-8-20-10-14/h5-11,22H,4H2,1-3H3. The molecule has 0 saturated heterocycles. The number of hydrogen-bond acceptors (Lipinski definition) is 6. The van der Waals surface area contributed by atoms with Crippen LogP contribution in [0.15, 0.2) is 47.8 Å². The van der Waals surface area contributed by atoms with Crippen LogP contribution in [0.1, 0.15) is 29.8 Å². The predicted molar refractivity (Wildman–Crippen MR) is 99.7 cm³/mol. The molecule has 0 atom stereocenters. The quantitative estimate of drug-likeness (QED) is 0.712. The van der Waals surface area contributed by atoms with Gasteiger partial charge in [-0.25, -0.2) is 4.68 Å². The van der Waals surface area contributed by atoms with Crippen molar-refractivity contribution in [2.45, 2.75) is 27.3 Å². The van der Waals surface area contributed by atoms with Gasteiger partial charge in [0.1, 0.15) is 11.4 Å². The Balaban J connectivity index is 2.30. The van der Waals surface area contributed by atoms with Gasteiger partial charge in [0, 0.05) is 30.7 Å². The third-order valence-electron chi connectivity index (χ3n) is 4.04. The summed E-state index contributed by atoms with van der Waals surface area (Å²) in [6, 6.07) is 5.41. The largest absolute Gasteiger partial charge is 0.349 e. The third-order valence-corrected chi connectivity index (χ3v) is 4.04. The number of hydrogen-bond donors (Lipinski definition) is 1. The van der Waals surface area contributed by atoms with E-state index in [0.29, 0.717) is 23.5 Å². The first-order valence-electron chi connectivity index (χ1n) is 8.27. The second-order valence-electron chi connectivity index (χ2n) is 5.83. The first-order chi connectivity index (χ1) is 12.5. The second-order valence-corrected chi connectivity index (χ2v) is 5.83. The van der Waals surface area contributed by atoms with Crippen molar-refractivity contribution in [3.8, 4) is 11.3 Å². The Kier molecular flexibility index (Phi) is 4.88. The number of nitrogens with zero attached hydrogens (tertiary/aromatic N) is 4. The molecule has 0 fully saturated rings. The number of carbonyl (C=O) groups is 1. The summed E-state index contributed by atoms with van der Waals surface area (Å²) in [5, 5.41) is 7.49. The van der Waals surface area contributed by atoms with E-state index in [0.717, 1.165) is 5.56 Å². The summed E-state index contributed by atoms with van der Waals surface area (Å²) in [5.41, 5.74) is 2.77. The maximum absolute atomic E-state index is 12.9. The Labute approximate surface area is 150 Å². The SMILES string of the molecule is CCn1nc(-c2cccnc2)c(C(C)=O)c(Nc2cnccc2C)c1=O. The molecular weight excluding hydrogens is 330 g/mol. The number of carbonyl (C=O) groups excluding carboxylic acids is 1. The average molecular weight is 349 g/mol. The monoisotopic (exact) mass is 349 g/mol. The van der Waals surface area contributed by atoms with Crippen LogP contribution < -0.4 is 10.9 Å². The first kappa shape index (κ1) is 17.5. The van der Waals surface area contributed by atoms with Gasteiger partial charge in [0.05, 0.1) is 17.4 Å². The lowest BCUT2D eigenvalue weighted by atomic mass is 10.0. The van der Waals surface area contributed by atoms with Crippen LogP contribution in [0.3, 0.4) is 0 Å². The van der Waals surface area contributed by atoms with Gasteiger partial charge in [0.15, 0.2) is 5.78 Å². The lowest BCUT2D eigenvalue weighted by molar-refractivity contribution is 0.101. The van der Waals surface area contributed by atoms with Crippen LogP contribution in [0.5, 0.6) is 0 Å². The van der Waals surface area contributed by atoms with Gasteiger partial charge in [-0.3, -0.25) is 19.6 Å². The summed E-state index contributed by atoms with van der Waals surface area (Å²) < 4.78 is 1.34. The van der Waals surface area contributed by atoms with Gasteiger partial charge >= 0.3 is 0 Å². The van der Waals surface area contributed by atoms with Crippen molar-refractivity contribution in [3.63, 3.8) is 0 Å². The lowest BCUT2D eigenvalue weighted by Gasteiger charge is -2.16. The van der Waals surface area contributed by atoms with Crippen molar-refractivity contribution >= 4 is 17.2 Å². The number of ketones is 1. The van der Waals surface area contributed by atoms with Gasteiger partial charge in [0.2, 0.25) is 0 Å². The maximum Gasteiger partial charge on any atom is 0.291 e. The minimum atomic E-state index is -0.353. The van der Waals surface area contributed by atoms with Gasteiger partial charge in [-0.2, -0.15) is 5.10 Å². The molecule has 7 nitrogen and oxygen atoms in total. The number of aryl methyl sites for hydroxylation is 2. The third kappa shape index (κ3) is 3.23. The molecule has 3 heterocycles. The summed E-state index contributed by atoms with van der Waals surface area (Å²) in [6.07, 6.45) is 6.56. The van der Waals surface area contributed by atoms with E-state index in [1.807, 2.05) is 26.0 Å². The number of rotatable bonds is 5. The molecule has 3 aromatic rings. The van der Waals surface area contributed by atoms with E-state index in [2.05, 4.69) is 20.4 Å². The highest BCUT2D eigenvalue weighted by atomic mass is 16.1. The van der Waals surface area contributed by atoms with Crippen molar-refractivity contribution in [1.29, 1.82) is 0 Å². The van der Waals surface area contributed by atoms with Gasteiger partial charge in [0.25, 0.3) is 5.56 Å². The number of aromatic nitrogens is 4. The van der Waals surface area contributed by atoms with Crippen molar-refractivity contribution in [2.24, 2.45) is 0 Å². The molecule has 26 heavy (non-hydrogen) atoms. The molecule has 1 N–H and O–H groups in total. The zero-order valence-corrected chi connectivity index (χ0v) is 14.9. The molecule has 0 aliphatic rings. The highest BCUT2D eigenvalue weighted by Crippen LogP contribution is 2.27. The van der Waals surface area contributed by atoms with Crippen LogP contribution in [0.4, 0.5) is 11.4 Å². The highest BCUT2D eigenvalue weighted by Gasteiger charge is 2.22. The van der Waals surface area contributed by atoms with Gasteiger partial charge in [-0.05, 0) is 44.5 Å². The Morgan fingerprint density at radius 2 is 1.96 bits per heavy atom. The van der Waals surface area contributed by atoms with Crippen LogP contribution in [0, 0.1) is 6.92 Å². The van der Waals surface area contributed by atoms with Crippen LogP contribution >= 0.6 is 0 Å². The molecule has 0 unspecified atom stereocenters. The van der Waals surface area contributed by atoms with Crippen molar-refractivity contribution in [3.05, 3.63) is 64.5 Å². The van der Waals surface area contributed by atoms with Crippen molar-refractivity contribution < 1.29 is 4.79 Å². The predicted octanol–water partition coefficient (Wildman–Crippen LogP) is 2.97. The lowest BCUT2D eigenvalue weighted by Crippen LogP contribution is -2.28. The fraction of sp³-hybridized carbons (Fsp3) is 0.211. The van der Waals surface area contributed by atoms with Crippen LogP contribution in [-0.4, -0.2) is 25.5 Å². The Hall–Kier alpha value is -3.35. The van der Waals surface area contributed by atoms with Crippen LogP contribution in [0.25, 0.3) is 11.3 Å². The van der Waals surface area contributed by atoms with Crippen molar-refractivity contribution in [1.82, 2.24) is 19.7 Å². The summed E-state index contributed by atoms with van der Waals surface area (Å²) in [6.45, 7) is 5.53. The van der Waals surface area contributed by atoms with Crippen LogP contribution in [-0.2, 0) is 6.54 Å². The zero-order valence-electron chi connectivity index (χ0n) is 14.9. The zero-order chi connectivity index (χ0) is 18.7. The Morgan fingerprint density at radius 1 is 1.19 bits per heavy atom. The summed E-state index contributed by atoms with van der Waals surface area (Å²) >= 11 is 0. The van der Waals surface area contributed by atoms with E-state index in [4.69, 9.17) is 0 Å². The van der Waals surface area contributed by atoms with Crippen molar-refractivity contribution in [2.75, 3.05) is 5.32 Å². The van der Waals surface area contributed by atoms with Gasteiger partial charge < -0.3 is 5.32 Å². The molecule has 3 rings (SSSR count). The van der Waals surface area contributed by atoms with Gasteiger partial charge in [-0.1, -0.05) is 0 Å². The second kappa shape index (κ2) is 7.26. The Bertz CT molecular complexity index is 1010. The first-order valence-corrected chi connectivity index (χ1v) is 8.27. The molecule has 0 radical (unpaired) electrons. The highest BCUT2D eigenvalue weighted by molar-refractivity contribution is 6.05. The van der Waals surface area contributed by atoms with E-state index in [9.17, 15) is 9.59 Å². The molecule has 0 bridgehead atoms. The maximum atomic E-state index is 12.9. The van der Waals surface area contributed by atoms with Gasteiger partial charge in [-0.15, -0.1) is 0 Å². The van der Waals surface area contributed by atoms with E-state index in [1.165, 1.54) is 11.6 Å². The molecule has 0 spiro atoms. The average Bonchev–Trinajstić information content (AvgIpc) is 2.65. The molecule has 3 aromatic heterocycles. The number of anilines is 2. The molecular formula is C19H19N5O2. The smallest absolute Gasteiger partial charge is 0.291 e. The molecule has 0 saturated carbocycles. The normalized spacial score (nSPS) is 10.6. The summed E-state index contributed by atoms with van der Waals surface area (Å²) in [5.74, 6) is -0.249. The molecule has 0 aromatic carbocycles. The van der Waals surface area contributed by atoms with E-state index < -0.39 is 0 Å². The number of pyridine rings is 2. The summed E-state index contributed by atoms with van der Waals surface area (Å²) in [7, 11) is 0. The van der Waals surface area contributed by atoms with E-state index in [-0.39, 0.29) is 22.6 Å². The molecule has 0 aliphatic heterocycles. The molecule has 0 aliphatic carbocycles. The molecule has 132 valence electrons. The fourth-order valence-electron chi connectivity index (χ4n) is 2.68. The van der Waals surface area contributed by atoms with Crippen LogP contribution in [0.2, 0.25) is 0 Å². The minimum absolute atomic E-state index is 0.198. The minimum Gasteiger partial charge on any atom is -0.349 e. The number of nitrogens with one attached hydrogen (secondary N) is 1. The fourth-order valence-corrected chi connectivity index (χ4v) is 2.68. The van der Waals surface area contributed by atoms with E-state index in [1.54, 1.807) is 30.9 Å². The summed E-state index contributed by atoms with van der Waals surface area (Å²) in [4.78, 5) is 33.5. The van der Waals surface area contributed by atoms with E-state index >= 15 is 0 Å². The Morgan fingerprint density at radius 3 is 2.58 bits per heavy atom.